The van der Waals surface area contributed by atoms with E-state index in [0.29, 0.717) is 6.61 Å². The second kappa shape index (κ2) is 14.3. The lowest BCUT2D eigenvalue weighted by molar-refractivity contribution is -0.191. The van der Waals surface area contributed by atoms with Gasteiger partial charge in [0.25, 0.3) is 0 Å². The Bertz CT molecular complexity index is 895. The van der Waals surface area contributed by atoms with Crippen molar-refractivity contribution in [3.63, 3.8) is 0 Å². The Balaban J connectivity index is 0.000000476. The third-order valence-electron chi connectivity index (χ3n) is 3.95. The number of hydrogen-bond acceptors (Lipinski definition) is 6. The number of benzene rings is 2. The molecule has 8 heteroatoms. The summed E-state index contributed by atoms with van der Waals surface area (Å²) in [6.45, 7) is 12.5. The Morgan fingerprint density at radius 1 is 1.09 bits per heavy atom. The van der Waals surface area contributed by atoms with E-state index in [0.717, 1.165) is 15.9 Å². The molecule has 1 aliphatic heterocycles. The van der Waals surface area contributed by atoms with Gasteiger partial charge in [-0.3, -0.25) is 0 Å². The number of aliphatic imine (C=N–C) groups is 1. The quantitative estimate of drug-likeness (QED) is 0.515. The van der Waals surface area contributed by atoms with Crippen molar-refractivity contribution >= 4 is 43.9 Å². The van der Waals surface area contributed by atoms with Gasteiger partial charge in [-0.15, -0.1) is 0 Å². The van der Waals surface area contributed by atoms with E-state index in [9.17, 15) is 0 Å². The molecule has 0 fully saturated rings. The van der Waals surface area contributed by atoms with E-state index in [1.165, 1.54) is 15.6 Å². The predicted octanol–water partition coefficient (Wildman–Crippen LogP) is 5.20. The van der Waals surface area contributed by atoms with E-state index in [4.69, 9.17) is 25.2 Å². The molecule has 176 valence electrons. The van der Waals surface area contributed by atoms with E-state index in [1.54, 1.807) is 13.8 Å². The number of nitrogens with two attached hydrogens (primary N) is 1. The number of aliphatic hydroxyl groups is 1. The topological polar surface area (TPSA) is 102 Å². The molecule has 2 aromatic rings. The molecule has 0 aromatic heterocycles. The van der Waals surface area contributed by atoms with E-state index < -0.39 is 5.54 Å². The van der Waals surface area contributed by atoms with Crippen LogP contribution >= 0.6 is 31.9 Å². The SMILES string of the molecule is CC(C)(N)CO.Cc1c(Br)cccc1C1=NC(C)(C)CO1.Cc1ccccc1Br.O=C=O. The fourth-order valence-electron chi connectivity index (χ4n) is 2.11. The van der Waals surface area contributed by atoms with Crippen LogP contribution in [0.1, 0.15) is 44.4 Å². The number of ether oxygens (including phenoxy) is 1. The van der Waals surface area contributed by atoms with Crippen LogP contribution in [0.3, 0.4) is 0 Å². The highest BCUT2D eigenvalue weighted by Gasteiger charge is 2.27. The zero-order valence-corrected chi connectivity index (χ0v) is 22.6. The standard InChI is InChI=1S/C12H14BrNO.C7H7Br.C4H11NO.CO2/c1-8-9(5-4-6-10(8)13)11-14-12(2,3)7-15-11;1-6-4-2-3-5-7(6)8;1-4(2,5)3-6;2-1-3/h4-6H,7H2,1-3H3;2-5H,1H3;6H,3,5H2,1-2H3;. The van der Waals surface area contributed by atoms with Gasteiger partial charge in [-0.1, -0.05) is 56.1 Å². The summed E-state index contributed by atoms with van der Waals surface area (Å²) in [6, 6.07) is 14.2. The molecule has 32 heavy (non-hydrogen) atoms. The van der Waals surface area contributed by atoms with Crippen molar-refractivity contribution < 1.29 is 19.4 Å². The van der Waals surface area contributed by atoms with Crippen LogP contribution in [0.25, 0.3) is 0 Å². The molecule has 2 aromatic carbocycles. The van der Waals surface area contributed by atoms with Gasteiger partial charge in [-0.25, -0.2) is 4.99 Å². The Kier molecular flexibility index (Phi) is 13.5. The molecule has 0 spiro atoms. The summed E-state index contributed by atoms with van der Waals surface area (Å²) in [7, 11) is 0. The lowest BCUT2D eigenvalue weighted by atomic mass is 10.1. The Morgan fingerprint density at radius 3 is 1.97 bits per heavy atom. The fraction of sp³-hybridized carbons (Fsp3) is 0.417. The first-order chi connectivity index (χ1) is 14.8. The number of aliphatic hydroxyl groups excluding tert-OH is 1. The lowest BCUT2D eigenvalue weighted by Gasteiger charge is -2.12. The summed E-state index contributed by atoms with van der Waals surface area (Å²) in [6.07, 6.45) is 0.250. The molecule has 1 heterocycles. The molecule has 0 bridgehead atoms. The first-order valence-electron chi connectivity index (χ1n) is 9.86. The maximum Gasteiger partial charge on any atom is 0.373 e. The summed E-state index contributed by atoms with van der Waals surface area (Å²) in [5.74, 6) is 0.763. The predicted molar refractivity (Wildman–Crippen MR) is 135 cm³/mol. The van der Waals surface area contributed by atoms with Gasteiger partial charge in [0.05, 0.1) is 12.1 Å². The Morgan fingerprint density at radius 2 is 1.59 bits per heavy atom. The number of nitrogens with zero attached hydrogens (tertiary/aromatic N) is 1. The van der Waals surface area contributed by atoms with Gasteiger partial charge in [-0.2, -0.15) is 9.59 Å². The number of halogens is 2. The Labute approximate surface area is 207 Å². The minimum Gasteiger partial charge on any atom is -0.475 e. The Hall–Kier alpha value is -1.83. The molecule has 0 saturated carbocycles. The van der Waals surface area contributed by atoms with Gasteiger partial charge >= 0.3 is 6.15 Å². The van der Waals surface area contributed by atoms with Crippen LogP contribution in [-0.2, 0) is 14.3 Å². The molecule has 6 nitrogen and oxygen atoms in total. The van der Waals surface area contributed by atoms with Gasteiger partial charge in [-0.05, 0) is 70.9 Å². The maximum atomic E-state index is 8.28. The number of rotatable bonds is 2. The molecule has 0 atom stereocenters. The van der Waals surface area contributed by atoms with Gasteiger partial charge < -0.3 is 15.6 Å². The van der Waals surface area contributed by atoms with Crippen LogP contribution in [0, 0.1) is 13.8 Å². The summed E-state index contributed by atoms with van der Waals surface area (Å²) in [5, 5.41) is 8.28. The highest BCUT2D eigenvalue weighted by atomic mass is 79.9. The zero-order chi connectivity index (χ0) is 24.9. The highest BCUT2D eigenvalue weighted by molar-refractivity contribution is 9.10. The number of hydrogen-bond donors (Lipinski definition) is 2. The molecular formula is C24H32Br2N2O4. The summed E-state index contributed by atoms with van der Waals surface area (Å²) in [5.41, 5.74) is 8.33. The summed E-state index contributed by atoms with van der Waals surface area (Å²) < 4.78 is 7.89. The van der Waals surface area contributed by atoms with Crippen molar-refractivity contribution in [2.24, 2.45) is 10.7 Å². The molecule has 0 radical (unpaired) electrons. The molecular weight excluding hydrogens is 540 g/mol. The van der Waals surface area contributed by atoms with Crippen LogP contribution in [-0.4, -0.2) is 41.4 Å². The van der Waals surface area contributed by atoms with E-state index in [1.807, 2.05) is 36.4 Å². The van der Waals surface area contributed by atoms with Gasteiger partial charge in [0, 0.05) is 20.0 Å². The smallest absolute Gasteiger partial charge is 0.373 e. The number of aryl methyl sites for hydroxylation is 1. The average Bonchev–Trinajstić information content (AvgIpc) is 3.07. The minimum atomic E-state index is -0.403. The van der Waals surface area contributed by atoms with E-state index in [-0.39, 0.29) is 18.3 Å². The van der Waals surface area contributed by atoms with Crippen molar-refractivity contribution in [2.45, 2.75) is 52.6 Å². The summed E-state index contributed by atoms with van der Waals surface area (Å²) in [4.78, 5) is 20.8. The first kappa shape index (κ1) is 30.2. The normalized spacial score (nSPS) is 13.5. The molecule has 3 rings (SSSR count). The average molecular weight is 572 g/mol. The first-order valence-corrected chi connectivity index (χ1v) is 11.4. The van der Waals surface area contributed by atoms with Crippen molar-refractivity contribution in [1.29, 1.82) is 0 Å². The van der Waals surface area contributed by atoms with Crippen molar-refractivity contribution in [3.8, 4) is 0 Å². The highest BCUT2D eigenvalue weighted by Crippen LogP contribution is 2.25. The van der Waals surface area contributed by atoms with Crippen LogP contribution in [0.4, 0.5) is 0 Å². The zero-order valence-electron chi connectivity index (χ0n) is 19.4. The third kappa shape index (κ3) is 12.3. The van der Waals surface area contributed by atoms with Crippen LogP contribution in [0.2, 0.25) is 0 Å². The molecule has 0 amide bonds. The largest absolute Gasteiger partial charge is 0.475 e. The second-order valence-corrected chi connectivity index (χ2v) is 10.1. The van der Waals surface area contributed by atoms with E-state index >= 15 is 0 Å². The van der Waals surface area contributed by atoms with Crippen LogP contribution in [0.5, 0.6) is 0 Å². The molecule has 3 N–H and O–H groups in total. The monoisotopic (exact) mass is 570 g/mol. The van der Waals surface area contributed by atoms with E-state index in [2.05, 4.69) is 70.6 Å². The van der Waals surface area contributed by atoms with Crippen molar-refractivity contribution in [2.75, 3.05) is 13.2 Å². The van der Waals surface area contributed by atoms with Crippen molar-refractivity contribution in [1.82, 2.24) is 0 Å². The molecule has 1 aliphatic rings. The van der Waals surface area contributed by atoms with Gasteiger partial charge in [0.1, 0.15) is 6.61 Å². The van der Waals surface area contributed by atoms with Crippen LogP contribution < -0.4 is 5.73 Å². The van der Waals surface area contributed by atoms with Gasteiger partial charge in [0.2, 0.25) is 5.90 Å². The second-order valence-electron chi connectivity index (χ2n) is 8.41. The lowest BCUT2D eigenvalue weighted by Crippen LogP contribution is -2.35. The minimum absolute atomic E-state index is 0.0486. The van der Waals surface area contributed by atoms with Crippen LogP contribution in [0.15, 0.2) is 56.4 Å². The molecule has 0 aliphatic carbocycles. The van der Waals surface area contributed by atoms with Crippen molar-refractivity contribution in [3.05, 3.63) is 68.1 Å². The fourth-order valence-corrected chi connectivity index (χ4v) is 2.76. The maximum absolute atomic E-state index is 8.28. The van der Waals surface area contributed by atoms with Gasteiger partial charge in [0.15, 0.2) is 0 Å². The third-order valence-corrected chi connectivity index (χ3v) is 5.70. The summed E-state index contributed by atoms with van der Waals surface area (Å²) >= 11 is 6.91. The molecule has 0 saturated heterocycles. The number of carbonyl (C=O) groups excluding carboxylic acids is 2. The molecule has 0 unspecified atom stereocenters.